The first-order valence-corrected chi connectivity index (χ1v) is 10.1. The molecule has 0 amide bonds. The fourth-order valence-corrected chi connectivity index (χ4v) is 3.98. The Hall–Kier alpha value is -2.45. The minimum absolute atomic E-state index is 0.118. The number of ether oxygens (including phenoxy) is 4. The SMILES string of the molecule is CC=C(C)C(=O)O[C@H]1C[C@@H](C)[C@]2(O)CC[C@](C)(C=C3OC(=O)C(COC(C)=O)=C31)O2. The smallest absolute Gasteiger partial charge is 0.343 e. The maximum Gasteiger partial charge on any atom is 0.343 e. The number of hydrogen-bond acceptors (Lipinski definition) is 8. The van der Waals surface area contributed by atoms with Crippen molar-refractivity contribution in [3.8, 4) is 0 Å². The predicted octanol–water partition coefficient (Wildman–Crippen LogP) is 2.46. The molecule has 0 aromatic carbocycles. The molecule has 3 heterocycles. The number of esters is 3. The second-order valence-corrected chi connectivity index (χ2v) is 8.33. The van der Waals surface area contributed by atoms with Crippen LogP contribution in [0.4, 0.5) is 0 Å². The molecular weight excluding hydrogens is 392 g/mol. The molecule has 1 saturated heterocycles. The number of carbonyl (C=O) groups is 3. The van der Waals surface area contributed by atoms with Crippen molar-refractivity contribution in [3.05, 3.63) is 34.6 Å². The summed E-state index contributed by atoms with van der Waals surface area (Å²) in [6.45, 7) is 7.90. The van der Waals surface area contributed by atoms with Crippen molar-refractivity contribution < 1.29 is 38.4 Å². The van der Waals surface area contributed by atoms with E-state index >= 15 is 0 Å². The number of hydrogen-bond donors (Lipinski definition) is 1. The van der Waals surface area contributed by atoms with E-state index in [9.17, 15) is 19.5 Å². The first-order valence-electron chi connectivity index (χ1n) is 10.1. The molecule has 0 unspecified atom stereocenters. The van der Waals surface area contributed by atoms with Gasteiger partial charge in [-0.1, -0.05) is 13.0 Å². The van der Waals surface area contributed by atoms with Crippen LogP contribution in [-0.2, 0) is 33.3 Å². The van der Waals surface area contributed by atoms with Gasteiger partial charge in [0.1, 0.15) is 18.5 Å². The lowest BCUT2D eigenvalue weighted by Crippen LogP contribution is -2.40. The van der Waals surface area contributed by atoms with Gasteiger partial charge in [0.15, 0.2) is 5.79 Å². The van der Waals surface area contributed by atoms with Crippen LogP contribution in [0.2, 0.25) is 0 Å². The van der Waals surface area contributed by atoms with Gasteiger partial charge in [0.05, 0.1) is 11.2 Å². The highest BCUT2D eigenvalue weighted by Crippen LogP contribution is 2.47. The van der Waals surface area contributed by atoms with E-state index < -0.39 is 41.3 Å². The zero-order valence-electron chi connectivity index (χ0n) is 17.9. The molecule has 3 rings (SSSR count). The molecule has 2 bridgehead atoms. The fraction of sp³-hybridized carbons (Fsp3) is 0.591. The van der Waals surface area contributed by atoms with E-state index in [4.69, 9.17) is 18.9 Å². The van der Waals surface area contributed by atoms with Crippen LogP contribution in [0.3, 0.4) is 0 Å². The first-order chi connectivity index (χ1) is 14.0. The van der Waals surface area contributed by atoms with Crippen molar-refractivity contribution in [1.29, 1.82) is 0 Å². The molecule has 0 spiro atoms. The summed E-state index contributed by atoms with van der Waals surface area (Å²) in [4.78, 5) is 36.5. The molecule has 0 saturated carbocycles. The highest BCUT2D eigenvalue weighted by atomic mass is 16.6. The van der Waals surface area contributed by atoms with Gasteiger partial charge in [0, 0.05) is 30.4 Å². The number of allylic oxidation sites excluding steroid dienone is 1. The average Bonchev–Trinajstić information content (AvgIpc) is 3.14. The minimum atomic E-state index is -1.40. The van der Waals surface area contributed by atoms with Gasteiger partial charge in [-0.2, -0.15) is 0 Å². The van der Waals surface area contributed by atoms with Crippen molar-refractivity contribution in [2.75, 3.05) is 6.61 Å². The third-order valence-corrected chi connectivity index (χ3v) is 5.95. The van der Waals surface area contributed by atoms with Crippen LogP contribution in [0.15, 0.2) is 34.6 Å². The van der Waals surface area contributed by atoms with E-state index in [1.54, 1.807) is 32.9 Å². The largest absolute Gasteiger partial charge is 0.461 e. The summed E-state index contributed by atoms with van der Waals surface area (Å²) in [6, 6.07) is 0. The highest BCUT2D eigenvalue weighted by Gasteiger charge is 2.52. The Morgan fingerprint density at radius 1 is 1.33 bits per heavy atom. The molecule has 1 N–H and O–H groups in total. The van der Waals surface area contributed by atoms with Gasteiger partial charge >= 0.3 is 17.9 Å². The Morgan fingerprint density at radius 3 is 2.67 bits per heavy atom. The second-order valence-electron chi connectivity index (χ2n) is 8.33. The molecule has 8 nitrogen and oxygen atoms in total. The normalized spacial score (nSPS) is 33.7. The van der Waals surface area contributed by atoms with Gasteiger partial charge in [0.25, 0.3) is 0 Å². The van der Waals surface area contributed by atoms with E-state index in [1.807, 2.05) is 6.92 Å². The maximum absolute atomic E-state index is 12.6. The number of carbonyl (C=O) groups excluding carboxylic acids is 3. The van der Waals surface area contributed by atoms with Crippen LogP contribution in [0.5, 0.6) is 0 Å². The summed E-state index contributed by atoms with van der Waals surface area (Å²) >= 11 is 0. The first kappa shape index (κ1) is 22.2. The van der Waals surface area contributed by atoms with E-state index in [0.29, 0.717) is 24.0 Å². The summed E-state index contributed by atoms with van der Waals surface area (Å²) in [5.41, 5.74) is 0.0157. The van der Waals surface area contributed by atoms with Gasteiger partial charge in [-0.3, -0.25) is 4.79 Å². The van der Waals surface area contributed by atoms with Gasteiger partial charge in [-0.15, -0.1) is 0 Å². The lowest BCUT2D eigenvalue weighted by Gasteiger charge is -2.33. The van der Waals surface area contributed by atoms with Gasteiger partial charge in [-0.05, 0) is 39.7 Å². The average molecular weight is 420 g/mol. The molecule has 30 heavy (non-hydrogen) atoms. The van der Waals surface area contributed by atoms with Crippen LogP contribution in [0.1, 0.15) is 53.9 Å². The molecule has 3 aliphatic heterocycles. The van der Waals surface area contributed by atoms with Gasteiger partial charge < -0.3 is 24.1 Å². The Balaban J connectivity index is 2.12. The predicted molar refractivity (Wildman–Crippen MR) is 105 cm³/mol. The van der Waals surface area contributed by atoms with Crippen LogP contribution in [-0.4, -0.2) is 47.1 Å². The van der Waals surface area contributed by atoms with E-state index in [-0.39, 0.29) is 24.4 Å². The second kappa shape index (κ2) is 8.00. The van der Waals surface area contributed by atoms with Gasteiger partial charge in [0.2, 0.25) is 0 Å². The lowest BCUT2D eigenvalue weighted by atomic mass is 9.86. The summed E-state index contributed by atoms with van der Waals surface area (Å²) in [6.07, 6.45) is 3.51. The van der Waals surface area contributed by atoms with Crippen LogP contribution >= 0.6 is 0 Å². The highest BCUT2D eigenvalue weighted by molar-refractivity contribution is 5.96. The Morgan fingerprint density at radius 2 is 2.03 bits per heavy atom. The molecule has 0 radical (unpaired) electrons. The van der Waals surface area contributed by atoms with Crippen LogP contribution < -0.4 is 0 Å². The molecule has 8 heteroatoms. The topological polar surface area (TPSA) is 108 Å². The van der Waals surface area contributed by atoms with Crippen LogP contribution in [0, 0.1) is 5.92 Å². The standard InChI is InChI=1S/C22H28O8/c1-6-12(2)19(24)28-16-9-13(3)22(26)8-7-21(5,30-22)10-17-18(16)15(20(25)29-17)11-27-14(4)23/h6,10,13,16,26H,7-9,11H2,1-5H3/t13-,16+,21-,22+/m1/s1. The summed E-state index contributed by atoms with van der Waals surface area (Å²) in [7, 11) is 0. The monoisotopic (exact) mass is 420 g/mol. The van der Waals surface area contributed by atoms with Crippen molar-refractivity contribution in [3.63, 3.8) is 0 Å². The Bertz CT molecular complexity index is 866. The summed E-state index contributed by atoms with van der Waals surface area (Å²) < 4.78 is 22.3. The van der Waals surface area contributed by atoms with E-state index in [1.165, 1.54) is 6.92 Å². The number of fused-ring (bicyclic) bond motifs is 3. The van der Waals surface area contributed by atoms with Crippen molar-refractivity contribution in [1.82, 2.24) is 0 Å². The Labute approximate surface area is 175 Å². The van der Waals surface area contributed by atoms with Gasteiger partial charge in [-0.25, -0.2) is 9.59 Å². The zero-order valence-corrected chi connectivity index (χ0v) is 17.9. The molecular formula is C22H28O8. The number of rotatable bonds is 4. The third-order valence-electron chi connectivity index (χ3n) is 5.95. The maximum atomic E-state index is 12.6. The van der Waals surface area contributed by atoms with Crippen LogP contribution in [0.25, 0.3) is 0 Å². The lowest BCUT2D eigenvalue weighted by molar-refractivity contribution is -0.238. The zero-order chi connectivity index (χ0) is 22.3. The number of aliphatic hydroxyl groups is 1. The van der Waals surface area contributed by atoms with Crippen molar-refractivity contribution in [2.45, 2.75) is 71.4 Å². The molecule has 4 atom stereocenters. The summed E-state index contributed by atoms with van der Waals surface area (Å²) in [5.74, 6) is -3.35. The van der Waals surface area contributed by atoms with Crippen molar-refractivity contribution >= 4 is 17.9 Å². The van der Waals surface area contributed by atoms with E-state index in [2.05, 4.69) is 0 Å². The molecule has 0 aliphatic carbocycles. The minimum Gasteiger partial charge on any atom is -0.461 e. The Kier molecular flexibility index (Phi) is 5.93. The third kappa shape index (κ3) is 4.20. The summed E-state index contributed by atoms with van der Waals surface area (Å²) in [5, 5.41) is 11.1. The fourth-order valence-electron chi connectivity index (χ4n) is 3.98. The molecule has 0 aromatic rings. The quantitative estimate of drug-likeness (QED) is 0.420. The molecule has 164 valence electrons. The molecule has 3 aliphatic rings. The van der Waals surface area contributed by atoms with E-state index in [0.717, 1.165) is 0 Å². The molecule has 0 aromatic heterocycles. The molecule has 1 fully saturated rings. The van der Waals surface area contributed by atoms with Crippen molar-refractivity contribution in [2.24, 2.45) is 5.92 Å².